The van der Waals surface area contributed by atoms with Crippen molar-refractivity contribution in [3.63, 3.8) is 0 Å². The van der Waals surface area contributed by atoms with Gasteiger partial charge in [0, 0.05) is 33.0 Å². The van der Waals surface area contributed by atoms with E-state index in [1.54, 1.807) is 52.1 Å². The van der Waals surface area contributed by atoms with Gasteiger partial charge in [-0.2, -0.15) is 0 Å². The summed E-state index contributed by atoms with van der Waals surface area (Å²) in [4.78, 5) is 43.7. The molecular formula is C23H23Cl2N3O3. The van der Waals surface area contributed by atoms with Crippen molar-refractivity contribution in [2.75, 3.05) is 18.5 Å². The lowest BCUT2D eigenvalue weighted by atomic mass is 9.98. The average molecular weight is 460 g/mol. The van der Waals surface area contributed by atoms with Gasteiger partial charge in [-0.1, -0.05) is 47.5 Å². The first-order chi connectivity index (χ1) is 14.7. The van der Waals surface area contributed by atoms with Gasteiger partial charge in [0.05, 0.1) is 21.3 Å². The van der Waals surface area contributed by atoms with E-state index >= 15 is 0 Å². The van der Waals surface area contributed by atoms with Crippen molar-refractivity contribution in [1.82, 2.24) is 9.80 Å². The standard InChI is InChI=1S/C23H23Cl2N3O3/c1-23-12-10-20(30)28(23)18-9-4-3-7-16(18)22(31)27(23)13-11-19(29)26(2)14-15-6-5-8-17(24)21(15)25/h3-9H,10-14H2,1-2H3. The molecule has 1 saturated heterocycles. The van der Waals surface area contributed by atoms with E-state index in [-0.39, 0.29) is 30.7 Å². The molecule has 0 aliphatic carbocycles. The Labute approximate surface area is 191 Å². The molecule has 162 valence electrons. The second-order valence-corrected chi connectivity index (χ2v) is 8.92. The molecule has 1 fully saturated rings. The van der Waals surface area contributed by atoms with E-state index in [0.717, 1.165) is 5.56 Å². The van der Waals surface area contributed by atoms with Crippen LogP contribution in [0, 0.1) is 0 Å². The first-order valence-electron chi connectivity index (χ1n) is 10.1. The van der Waals surface area contributed by atoms with Crippen molar-refractivity contribution in [2.45, 2.75) is 38.4 Å². The number of hydrogen-bond donors (Lipinski definition) is 0. The quantitative estimate of drug-likeness (QED) is 0.667. The third-order valence-electron chi connectivity index (χ3n) is 6.16. The van der Waals surface area contributed by atoms with Gasteiger partial charge in [-0.3, -0.25) is 19.3 Å². The molecule has 3 amide bonds. The molecule has 31 heavy (non-hydrogen) atoms. The number of carbonyl (C=O) groups excluding carboxylic acids is 3. The molecule has 0 radical (unpaired) electrons. The number of hydrogen-bond acceptors (Lipinski definition) is 3. The molecule has 1 unspecified atom stereocenters. The molecule has 4 rings (SSSR count). The zero-order valence-electron chi connectivity index (χ0n) is 17.4. The van der Waals surface area contributed by atoms with E-state index in [2.05, 4.69) is 0 Å². The maximum atomic E-state index is 13.3. The molecule has 2 aliphatic heterocycles. The minimum absolute atomic E-state index is 0.00788. The van der Waals surface area contributed by atoms with Gasteiger partial charge >= 0.3 is 0 Å². The minimum atomic E-state index is -0.766. The zero-order chi connectivity index (χ0) is 22.3. The highest BCUT2D eigenvalue weighted by atomic mass is 35.5. The molecule has 2 heterocycles. The normalized spacial score (nSPS) is 20.0. The second-order valence-electron chi connectivity index (χ2n) is 8.13. The molecule has 2 aromatic carbocycles. The molecule has 0 N–H and O–H groups in total. The summed E-state index contributed by atoms with van der Waals surface area (Å²) in [5, 5.41) is 0.871. The molecular weight excluding hydrogens is 437 g/mol. The highest BCUT2D eigenvalue weighted by Gasteiger charge is 2.52. The fourth-order valence-electron chi connectivity index (χ4n) is 4.45. The summed E-state index contributed by atoms with van der Waals surface area (Å²) in [6, 6.07) is 12.5. The lowest BCUT2D eigenvalue weighted by molar-refractivity contribution is -0.130. The van der Waals surface area contributed by atoms with Crippen LogP contribution in [0.5, 0.6) is 0 Å². The molecule has 6 nitrogen and oxygen atoms in total. The molecule has 0 saturated carbocycles. The molecule has 0 bridgehead atoms. The zero-order valence-corrected chi connectivity index (χ0v) is 18.9. The summed E-state index contributed by atoms with van der Waals surface area (Å²) < 4.78 is 0. The summed E-state index contributed by atoms with van der Waals surface area (Å²) >= 11 is 12.3. The number of benzene rings is 2. The van der Waals surface area contributed by atoms with Crippen molar-refractivity contribution >= 4 is 46.6 Å². The van der Waals surface area contributed by atoms with Crippen molar-refractivity contribution in [3.8, 4) is 0 Å². The summed E-state index contributed by atoms with van der Waals surface area (Å²) in [7, 11) is 1.69. The number of halogens is 2. The van der Waals surface area contributed by atoms with E-state index in [1.165, 1.54) is 0 Å². The fraction of sp³-hybridized carbons (Fsp3) is 0.348. The minimum Gasteiger partial charge on any atom is -0.341 e. The van der Waals surface area contributed by atoms with Crippen LogP contribution in [0.2, 0.25) is 10.0 Å². The number of anilines is 1. The average Bonchev–Trinajstić information content (AvgIpc) is 3.06. The van der Waals surface area contributed by atoms with Crippen molar-refractivity contribution in [3.05, 3.63) is 63.6 Å². The van der Waals surface area contributed by atoms with E-state index < -0.39 is 5.66 Å². The number of nitrogens with zero attached hydrogens (tertiary/aromatic N) is 3. The lowest BCUT2D eigenvalue weighted by Crippen LogP contribution is -2.62. The van der Waals surface area contributed by atoms with Crippen molar-refractivity contribution < 1.29 is 14.4 Å². The topological polar surface area (TPSA) is 60.9 Å². The number of rotatable bonds is 5. The molecule has 2 aliphatic rings. The van der Waals surface area contributed by atoms with Gasteiger partial charge in [0.1, 0.15) is 5.66 Å². The highest BCUT2D eigenvalue weighted by Crippen LogP contribution is 2.44. The van der Waals surface area contributed by atoms with Crippen LogP contribution in [-0.4, -0.2) is 46.8 Å². The van der Waals surface area contributed by atoms with Crippen LogP contribution < -0.4 is 4.90 Å². The summed E-state index contributed by atoms with van der Waals surface area (Å²) in [6.45, 7) is 2.43. The van der Waals surface area contributed by atoms with Crippen molar-refractivity contribution in [1.29, 1.82) is 0 Å². The Hall–Kier alpha value is -2.57. The second kappa shape index (κ2) is 8.17. The van der Waals surface area contributed by atoms with Crippen LogP contribution in [0.1, 0.15) is 42.1 Å². The lowest BCUT2D eigenvalue weighted by Gasteiger charge is -2.48. The maximum Gasteiger partial charge on any atom is 0.257 e. The highest BCUT2D eigenvalue weighted by molar-refractivity contribution is 6.42. The van der Waals surface area contributed by atoms with Crippen LogP contribution in [0.25, 0.3) is 0 Å². The van der Waals surface area contributed by atoms with Gasteiger partial charge in [-0.05, 0) is 37.1 Å². The monoisotopic (exact) mass is 459 g/mol. The first-order valence-corrected chi connectivity index (χ1v) is 10.9. The van der Waals surface area contributed by atoms with Crippen molar-refractivity contribution in [2.24, 2.45) is 0 Å². The van der Waals surface area contributed by atoms with Gasteiger partial charge in [0.2, 0.25) is 11.8 Å². The summed E-state index contributed by atoms with van der Waals surface area (Å²) in [6.07, 6.45) is 1.05. The molecule has 0 spiro atoms. The maximum absolute atomic E-state index is 13.3. The van der Waals surface area contributed by atoms with Gasteiger partial charge in [0.15, 0.2) is 0 Å². The Kier molecular flexibility index (Phi) is 5.71. The molecule has 8 heteroatoms. The van der Waals surface area contributed by atoms with Gasteiger partial charge in [0.25, 0.3) is 5.91 Å². The Morgan fingerprint density at radius 2 is 1.87 bits per heavy atom. The summed E-state index contributed by atoms with van der Waals surface area (Å²) in [5.74, 6) is -0.286. The number of amides is 3. The Bertz CT molecular complexity index is 1070. The van der Waals surface area contributed by atoms with Crippen LogP contribution >= 0.6 is 23.2 Å². The predicted octanol–water partition coefficient (Wildman–Crippen LogP) is 4.34. The molecule has 2 aromatic rings. The smallest absolute Gasteiger partial charge is 0.257 e. The number of fused-ring (bicyclic) bond motifs is 3. The van der Waals surface area contributed by atoms with E-state index in [9.17, 15) is 14.4 Å². The van der Waals surface area contributed by atoms with Crippen LogP contribution in [-0.2, 0) is 16.1 Å². The largest absolute Gasteiger partial charge is 0.341 e. The van der Waals surface area contributed by atoms with Gasteiger partial charge < -0.3 is 9.80 Å². The number of para-hydroxylation sites is 1. The van der Waals surface area contributed by atoms with E-state index in [1.807, 2.05) is 19.1 Å². The number of carbonyl (C=O) groups is 3. The Morgan fingerprint density at radius 3 is 2.65 bits per heavy atom. The third-order valence-corrected chi connectivity index (χ3v) is 7.02. The van der Waals surface area contributed by atoms with Crippen LogP contribution in [0.4, 0.5) is 5.69 Å². The molecule has 1 atom stereocenters. The predicted molar refractivity (Wildman–Crippen MR) is 120 cm³/mol. The summed E-state index contributed by atoms with van der Waals surface area (Å²) in [5.41, 5.74) is 1.12. The van der Waals surface area contributed by atoms with E-state index in [4.69, 9.17) is 23.2 Å². The fourth-order valence-corrected chi connectivity index (χ4v) is 4.83. The first kappa shape index (κ1) is 21.7. The van der Waals surface area contributed by atoms with Crippen LogP contribution in [0.15, 0.2) is 42.5 Å². The Balaban J connectivity index is 1.51. The van der Waals surface area contributed by atoms with E-state index in [0.29, 0.717) is 40.7 Å². The van der Waals surface area contributed by atoms with Gasteiger partial charge in [-0.25, -0.2) is 0 Å². The third kappa shape index (κ3) is 3.68. The Morgan fingerprint density at radius 1 is 1.13 bits per heavy atom. The van der Waals surface area contributed by atoms with Gasteiger partial charge in [-0.15, -0.1) is 0 Å². The van der Waals surface area contributed by atoms with Crippen LogP contribution in [0.3, 0.4) is 0 Å². The molecule has 0 aromatic heterocycles. The SMILES string of the molecule is CN(Cc1cccc(Cl)c1Cl)C(=O)CCN1C(=O)c2ccccc2N2C(=O)CCC12C.